The first-order valence-electron chi connectivity index (χ1n) is 3.10. The lowest BCUT2D eigenvalue weighted by Gasteiger charge is -2.07. The van der Waals surface area contributed by atoms with Crippen LogP contribution < -0.4 is 0 Å². The summed E-state index contributed by atoms with van der Waals surface area (Å²) in [4.78, 5) is 0. The first-order chi connectivity index (χ1) is 4.54. The maximum absolute atomic E-state index is 12.2. The molecule has 0 saturated heterocycles. The minimum absolute atomic E-state index is 0.394. The first kappa shape index (κ1) is 9.72. The van der Waals surface area contributed by atoms with Gasteiger partial charge in [-0.15, -0.1) is 0 Å². The highest BCUT2D eigenvalue weighted by molar-refractivity contribution is 4.63. The molecular formula is C6H10F4. The van der Waals surface area contributed by atoms with Crippen LogP contribution in [0.25, 0.3) is 0 Å². The molecule has 62 valence electrons. The highest BCUT2D eigenvalue weighted by Gasteiger charge is 2.16. The molecule has 0 fully saturated rings. The lowest BCUT2D eigenvalue weighted by molar-refractivity contribution is 0.102. The summed E-state index contributed by atoms with van der Waals surface area (Å²) in [5, 5.41) is 0. The minimum atomic E-state index is -2.53. The second-order valence-corrected chi connectivity index (χ2v) is 2.16. The molecule has 0 aliphatic heterocycles. The van der Waals surface area contributed by atoms with E-state index >= 15 is 0 Å². The third-order valence-corrected chi connectivity index (χ3v) is 1.16. The fourth-order valence-electron chi connectivity index (χ4n) is 0.515. The third-order valence-electron chi connectivity index (χ3n) is 1.16. The Bertz CT molecular complexity index is 81.8. The molecule has 2 unspecified atom stereocenters. The highest BCUT2D eigenvalue weighted by Crippen LogP contribution is 2.13. The summed E-state index contributed by atoms with van der Waals surface area (Å²) in [6.45, 7) is 1.02. The van der Waals surface area contributed by atoms with Gasteiger partial charge in [0.1, 0.15) is 12.3 Å². The second-order valence-electron chi connectivity index (χ2n) is 2.16. The van der Waals surface area contributed by atoms with Crippen LogP contribution in [0.3, 0.4) is 0 Å². The van der Waals surface area contributed by atoms with Crippen molar-refractivity contribution in [3.8, 4) is 0 Å². The Morgan fingerprint density at radius 1 is 1.00 bits per heavy atom. The number of hydrogen-bond acceptors (Lipinski definition) is 0. The Balaban J connectivity index is 3.30. The number of halogens is 4. The van der Waals surface area contributed by atoms with E-state index in [4.69, 9.17) is 0 Å². The van der Waals surface area contributed by atoms with Crippen LogP contribution in [0.5, 0.6) is 0 Å². The van der Waals surface area contributed by atoms with Crippen LogP contribution in [0.15, 0.2) is 0 Å². The fraction of sp³-hybridized carbons (Fsp3) is 1.00. The van der Waals surface area contributed by atoms with Gasteiger partial charge < -0.3 is 0 Å². The van der Waals surface area contributed by atoms with Gasteiger partial charge in [-0.3, -0.25) is 0 Å². The van der Waals surface area contributed by atoms with E-state index in [1.54, 1.807) is 0 Å². The van der Waals surface area contributed by atoms with Crippen molar-refractivity contribution < 1.29 is 17.6 Å². The average molecular weight is 158 g/mol. The van der Waals surface area contributed by atoms with Gasteiger partial charge in [0, 0.05) is 6.42 Å². The number of alkyl halides is 4. The lowest BCUT2D eigenvalue weighted by Crippen LogP contribution is -2.14. The number of rotatable bonds is 4. The summed E-state index contributed by atoms with van der Waals surface area (Å²) in [5.41, 5.74) is 0. The first-order valence-corrected chi connectivity index (χ1v) is 3.10. The Hall–Kier alpha value is -0.280. The Morgan fingerprint density at radius 2 is 1.50 bits per heavy atom. The van der Waals surface area contributed by atoms with Gasteiger partial charge >= 0.3 is 0 Å². The van der Waals surface area contributed by atoms with Crippen molar-refractivity contribution in [1.82, 2.24) is 0 Å². The zero-order valence-electron chi connectivity index (χ0n) is 5.66. The fourth-order valence-corrected chi connectivity index (χ4v) is 0.515. The minimum Gasteiger partial charge on any atom is -0.245 e. The second kappa shape index (κ2) is 4.52. The highest BCUT2D eigenvalue weighted by atomic mass is 19.3. The van der Waals surface area contributed by atoms with E-state index in [1.807, 2.05) is 0 Å². The molecule has 0 radical (unpaired) electrons. The molecule has 0 saturated carbocycles. The predicted molar refractivity (Wildman–Crippen MR) is 30.7 cm³/mol. The van der Waals surface area contributed by atoms with Crippen molar-refractivity contribution in [3.63, 3.8) is 0 Å². The largest absolute Gasteiger partial charge is 0.245 e. The predicted octanol–water partition coefficient (Wildman–Crippen LogP) is 2.73. The lowest BCUT2D eigenvalue weighted by atomic mass is 10.1. The van der Waals surface area contributed by atoms with Crippen molar-refractivity contribution in [2.24, 2.45) is 0 Å². The molecule has 0 nitrogen and oxygen atoms in total. The molecule has 0 aliphatic carbocycles. The van der Waals surface area contributed by atoms with Crippen LogP contribution in [0, 0.1) is 0 Å². The van der Waals surface area contributed by atoms with Gasteiger partial charge in [0.25, 0.3) is 0 Å². The van der Waals surface area contributed by atoms with Crippen molar-refractivity contribution in [3.05, 3.63) is 0 Å². The van der Waals surface area contributed by atoms with E-state index in [-0.39, 0.29) is 0 Å². The van der Waals surface area contributed by atoms with Crippen LogP contribution >= 0.6 is 0 Å². The van der Waals surface area contributed by atoms with Gasteiger partial charge in [-0.25, -0.2) is 17.6 Å². The third kappa shape index (κ3) is 4.58. The van der Waals surface area contributed by atoms with Crippen LogP contribution in [0.2, 0.25) is 0 Å². The molecule has 0 aromatic heterocycles. The smallest absolute Gasteiger partial charge is 0.238 e. The topological polar surface area (TPSA) is 0 Å². The normalized spacial score (nSPS) is 17.4. The van der Waals surface area contributed by atoms with Crippen LogP contribution in [0.4, 0.5) is 17.6 Å². The maximum Gasteiger partial charge on any atom is 0.238 e. The van der Waals surface area contributed by atoms with E-state index in [2.05, 4.69) is 0 Å². The van der Waals surface area contributed by atoms with E-state index in [0.29, 0.717) is 0 Å². The average Bonchev–Trinajstić information content (AvgIpc) is 1.82. The molecule has 0 amide bonds. The van der Waals surface area contributed by atoms with Crippen molar-refractivity contribution >= 4 is 0 Å². The summed E-state index contributed by atoms with van der Waals surface area (Å²) in [5.74, 6) is 0. The van der Waals surface area contributed by atoms with Crippen LogP contribution in [-0.2, 0) is 0 Å². The van der Waals surface area contributed by atoms with Gasteiger partial charge in [0.2, 0.25) is 6.43 Å². The van der Waals surface area contributed by atoms with E-state index in [1.165, 1.54) is 0 Å². The van der Waals surface area contributed by atoms with Crippen molar-refractivity contribution in [2.75, 3.05) is 0 Å². The SMILES string of the molecule is CC(F)C(F)CCC(F)F. The summed E-state index contributed by atoms with van der Waals surface area (Å²) < 4.78 is 46.8. The van der Waals surface area contributed by atoms with Crippen molar-refractivity contribution in [1.29, 1.82) is 0 Å². The van der Waals surface area contributed by atoms with E-state index in [9.17, 15) is 17.6 Å². The quantitative estimate of drug-likeness (QED) is 0.552. The molecule has 0 spiro atoms. The summed E-state index contributed by atoms with van der Waals surface area (Å²) in [7, 11) is 0. The molecule has 0 N–H and O–H groups in total. The van der Waals surface area contributed by atoms with Gasteiger partial charge in [-0.1, -0.05) is 0 Å². The number of hydrogen-bond donors (Lipinski definition) is 0. The molecule has 0 bridgehead atoms. The molecule has 10 heavy (non-hydrogen) atoms. The van der Waals surface area contributed by atoms with Gasteiger partial charge in [0.05, 0.1) is 0 Å². The Morgan fingerprint density at radius 3 is 1.80 bits per heavy atom. The van der Waals surface area contributed by atoms with Crippen molar-refractivity contribution in [2.45, 2.75) is 38.5 Å². The van der Waals surface area contributed by atoms with E-state index < -0.39 is 31.6 Å². The zero-order valence-corrected chi connectivity index (χ0v) is 5.66. The zero-order chi connectivity index (χ0) is 8.15. The maximum atomic E-state index is 12.2. The molecule has 0 rings (SSSR count). The monoisotopic (exact) mass is 158 g/mol. The molecule has 4 heteroatoms. The summed E-state index contributed by atoms with van der Waals surface area (Å²) in [6, 6.07) is 0. The van der Waals surface area contributed by atoms with E-state index in [0.717, 1.165) is 6.92 Å². The standard InChI is InChI=1S/C6H10F4/c1-4(7)5(8)2-3-6(9)10/h4-6H,2-3H2,1H3. The molecular weight excluding hydrogens is 148 g/mol. The molecule has 0 aliphatic rings. The summed E-state index contributed by atoms with van der Waals surface area (Å²) in [6.07, 6.45) is -6.87. The van der Waals surface area contributed by atoms with Crippen LogP contribution in [0.1, 0.15) is 19.8 Å². The molecule has 0 aromatic rings. The Kier molecular flexibility index (Phi) is 4.40. The van der Waals surface area contributed by atoms with Crippen LogP contribution in [-0.4, -0.2) is 18.8 Å². The van der Waals surface area contributed by atoms with Gasteiger partial charge in [-0.05, 0) is 13.3 Å². The molecule has 2 atom stereocenters. The van der Waals surface area contributed by atoms with Gasteiger partial charge in [0.15, 0.2) is 0 Å². The summed E-state index contributed by atoms with van der Waals surface area (Å²) >= 11 is 0. The molecule has 0 aromatic carbocycles. The Labute approximate surface area is 57.2 Å². The molecule has 0 heterocycles. The van der Waals surface area contributed by atoms with Gasteiger partial charge in [-0.2, -0.15) is 0 Å².